The molecule has 10 heteroatoms. The third kappa shape index (κ3) is 3.93. The van der Waals surface area contributed by atoms with Crippen LogP contribution in [0.15, 0.2) is 58.4 Å². The molecule has 0 saturated heterocycles. The molecule has 0 saturated carbocycles. The molecule has 28 heavy (non-hydrogen) atoms. The molecule has 0 fully saturated rings. The minimum atomic E-state index is -0.410. The number of amides is 1. The van der Waals surface area contributed by atoms with Gasteiger partial charge in [-0.25, -0.2) is 9.66 Å². The number of carbonyl (C=O) groups excluding carboxylic acids is 1. The summed E-state index contributed by atoms with van der Waals surface area (Å²) in [4.78, 5) is 18.0. The van der Waals surface area contributed by atoms with Crippen LogP contribution < -0.4 is 11.2 Å². The van der Waals surface area contributed by atoms with E-state index in [0.717, 1.165) is 16.1 Å². The maximum Gasteiger partial charge on any atom is 0.239 e. The number of thiophene rings is 1. The van der Waals surface area contributed by atoms with E-state index >= 15 is 0 Å². The number of nitrogens with one attached hydrogen (secondary N) is 1. The fourth-order valence-corrected chi connectivity index (χ4v) is 4.62. The molecule has 1 atom stereocenters. The van der Waals surface area contributed by atoms with E-state index in [1.807, 2.05) is 53.2 Å². The number of rotatable bonds is 6. The Balaban J connectivity index is 1.41. The molecule has 3 aromatic heterocycles. The lowest BCUT2D eigenvalue weighted by Gasteiger charge is -2.09. The first-order chi connectivity index (χ1) is 13.6. The summed E-state index contributed by atoms with van der Waals surface area (Å²) < 4.78 is 1.41. The first kappa shape index (κ1) is 18.7. The second kappa shape index (κ2) is 8.13. The van der Waals surface area contributed by atoms with Crippen LogP contribution in [-0.2, 0) is 4.79 Å². The molecular weight excluding hydrogens is 412 g/mol. The van der Waals surface area contributed by atoms with Gasteiger partial charge in [0.25, 0.3) is 0 Å². The van der Waals surface area contributed by atoms with Gasteiger partial charge in [0.15, 0.2) is 11.0 Å². The highest BCUT2D eigenvalue weighted by Crippen LogP contribution is 2.29. The largest absolute Gasteiger partial charge is 0.335 e. The Hall–Kier alpha value is -2.69. The molecule has 0 aliphatic rings. The number of hydrogen-bond acceptors (Lipinski definition) is 8. The van der Waals surface area contributed by atoms with Gasteiger partial charge in [0.1, 0.15) is 0 Å². The Bertz CT molecular complexity index is 1070. The Morgan fingerprint density at radius 1 is 1.18 bits per heavy atom. The van der Waals surface area contributed by atoms with Crippen molar-refractivity contribution in [3.8, 4) is 22.0 Å². The highest BCUT2D eigenvalue weighted by molar-refractivity contribution is 8.00. The minimum Gasteiger partial charge on any atom is -0.335 e. The SMILES string of the molecule is C[C@@H](Sc1nnc(-c2cccs2)n1N)C(=O)Nc1nc(-c2ccccc2)cs1. The van der Waals surface area contributed by atoms with Crippen LogP contribution in [0.25, 0.3) is 22.0 Å². The van der Waals surface area contributed by atoms with Crippen molar-refractivity contribution in [2.45, 2.75) is 17.3 Å². The average Bonchev–Trinajstić information content (AvgIpc) is 3.45. The van der Waals surface area contributed by atoms with Gasteiger partial charge in [-0.1, -0.05) is 48.2 Å². The van der Waals surface area contributed by atoms with E-state index in [2.05, 4.69) is 20.5 Å². The topological polar surface area (TPSA) is 98.7 Å². The Labute approximate surface area is 173 Å². The summed E-state index contributed by atoms with van der Waals surface area (Å²) in [6, 6.07) is 13.7. The van der Waals surface area contributed by atoms with Crippen molar-refractivity contribution in [1.29, 1.82) is 0 Å². The molecule has 0 spiro atoms. The van der Waals surface area contributed by atoms with Gasteiger partial charge in [0.2, 0.25) is 11.1 Å². The number of hydrogen-bond donors (Lipinski definition) is 2. The van der Waals surface area contributed by atoms with Gasteiger partial charge >= 0.3 is 0 Å². The van der Waals surface area contributed by atoms with Crippen molar-refractivity contribution in [2.75, 3.05) is 11.2 Å². The van der Waals surface area contributed by atoms with Crippen molar-refractivity contribution < 1.29 is 4.79 Å². The molecule has 0 bridgehead atoms. The highest BCUT2D eigenvalue weighted by Gasteiger charge is 2.21. The van der Waals surface area contributed by atoms with Crippen LogP contribution in [0.4, 0.5) is 5.13 Å². The molecule has 4 aromatic rings. The van der Waals surface area contributed by atoms with Crippen molar-refractivity contribution >= 4 is 45.5 Å². The van der Waals surface area contributed by atoms with Gasteiger partial charge in [0.05, 0.1) is 15.8 Å². The number of thioether (sulfide) groups is 1. The summed E-state index contributed by atoms with van der Waals surface area (Å²) >= 11 is 4.18. The molecule has 3 heterocycles. The Kier molecular flexibility index (Phi) is 5.42. The predicted molar refractivity (Wildman–Crippen MR) is 115 cm³/mol. The molecule has 3 N–H and O–H groups in total. The standard InChI is InChI=1S/C18H16N6OS3/c1-11(28-18-23-22-15(24(18)19)14-8-5-9-26-14)16(25)21-17-20-13(10-27-17)12-6-3-2-4-7-12/h2-11H,19H2,1H3,(H,20,21,25)/t11-/m1/s1. The van der Waals surface area contributed by atoms with E-state index < -0.39 is 5.25 Å². The average molecular weight is 429 g/mol. The van der Waals surface area contributed by atoms with Crippen LogP contribution in [-0.4, -0.2) is 31.0 Å². The summed E-state index contributed by atoms with van der Waals surface area (Å²) in [5.41, 5.74) is 1.85. The zero-order valence-corrected chi connectivity index (χ0v) is 17.2. The van der Waals surface area contributed by atoms with E-state index in [9.17, 15) is 4.79 Å². The number of anilines is 1. The molecule has 142 valence electrons. The maximum absolute atomic E-state index is 12.5. The van der Waals surface area contributed by atoms with Crippen LogP contribution in [0.5, 0.6) is 0 Å². The van der Waals surface area contributed by atoms with Crippen LogP contribution in [0, 0.1) is 0 Å². The molecule has 0 radical (unpaired) electrons. The number of nitrogens with zero attached hydrogens (tertiary/aromatic N) is 4. The Morgan fingerprint density at radius 3 is 2.75 bits per heavy atom. The maximum atomic E-state index is 12.5. The second-order valence-corrected chi connectivity index (χ2v) is 8.92. The molecular formula is C18H16N6OS3. The van der Waals surface area contributed by atoms with Crippen LogP contribution in [0.3, 0.4) is 0 Å². The van der Waals surface area contributed by atoms with Crippen LogP contribution >= 0.6 is 34.4 Å². The van der Waals surface area contributed by atoms with Crippen molar-refractivity contribution in [3.63, 3.8) is 0 Å². The lowest BCUT2D eigenvalue weighted by Crippen LogP contribution is -2.23. The summed E-state index contributed by atoms with van der Waals surface area (Å²) in [5, 5.41) is 15.6. The Morgan fingerprint density at radius 2 is 2.00 bits per heavy atom. The van der Waals surface area contributed by atoms with Gasteiger partial charge in [-0.15, -0.1) is 32.9 Å². The van der Waals surface area contributed by atoms with E-state index in [4.69, 9.17) is 5.84 Å². The fraction of sp³-hybridized carbons (Fsp3) is 0.111. The lowest BCUT2D eigenvalue weighted by molar-refractivity contribution is -0.115. The highest BCUT2D eigenvalue weighted by atomic mass is 32.2. The summed E-state index contributed by atoms with van der Waals surface area (Å²) in [5.74, 6) is 6.51. The van der Waals surface area contributed by atoms with E-state index in [0.29, 0.717) is 16.1 Å². The van der Waals surface area contributed by atoms with E-state index in [1.165, 1.54) is 39.1 Å². The summed E-state index contributed by atoms with van der Waals surface area (Å²) in [6.45, 7) is 1.80. The first-order valence-corrected chi connectivity index (χ1v) is 11.0. The number of aromatic nitrogens is 4. The van der Waals surface area contributed by atoms with Crippen LogP contribution in [0.1, 0.15) is 6.92 Å². The minimum absolute atomic E-state index is 0.167. The van der Waals surface area contributed by atoms with Crippen molar-refractivity contribution in [1.82, 2.24) is 19.9 Å². The zero-order valence-electron chi connectivity index (χ0n) is 14.8. The van der Waals surface area contributed by atoms with E-state index in [-0.39, 0.29) is 5.91 Å². The predicted octanol–water partition coefficient (Wildman–Crippen LogP) is 3.96. The zero-order chi connectivity index (χ0) is 19.5. The molecule has 0 aliphatic carbocycles. The van der Waals surface area contributed by atoms with Crippen molar-refractivity contribution in [3.05, 3.63) is 53.2 Å². The quantitative estimate of drug-likeness (QED) is 0.356. The normalized spacial score (nSPS) is 12.0. The lowest BCUT2D eigenvalue weighted by atomic mass is 10.2. The van der Waals surface area contributed by atoms with Gasteiger partial charge < -0.3 is 11.2 Å². The van der Waals surface area contributed by atoms with Gasteiger partial charge in [-0.2, -0.15) is 0 Å². The number of benzene rings is 1. The smallest absolute Gasteiger partial charge is 0.239 e. The third-order valence-corrected chi connectivity index (χ3v) is 6.54. The molecule has 1 aromatic carbocycles. The van der Waals surface area contributed by atoms with Gasteiger partial charge in [-0.05, 0) is 18.4 Å². The molecule has 1 amide bonds. The molecule has 4 rings (SSSR count). The fourth-order valence-electron chi connectivity index (χ4n) is 2.42. The number of carbonyl (C=O) groups is 1. The monoisotopic (exact) mass is 428 g/mol. The summed E-state index contributed by atoms with van der Waals surface area (Å²) in [7, 11) is 0. The third-order valence-electron chi connectivity index (χ3n) is 3.86. The molecule has 7 nitrogen and oxygen atoms in total. The molecule has 0 aliphatic heterocycles. The summed E-state index contributed by atoms with van der Waals surface area (Å²) in [6.07, 6.45) is 0. The second-order valence-electron chi connectivity index (χ2n) is 5.81. The number of thiazole rings is 1. The molecule has 0 unspecified atom stereocenters. The van der Waals surface area contributed by atoms with E-state index in [1.54, 1.807) is 6.92 Å². The van der Waals surface area contributed by atoms with Gasteiger partial charge in [-0.3, -0.25) is 4.79 Å². The first-order valence-electron chi connectivity index (χ1n) is 8.34. The van der Waals surface area contributed by atoms with Crippen LogP contribution in [0.2, 0.25) is 0 Å². The number of nitrogens with two attached hydrogens (primary N) is 1. The van der Waals surface area contributed by atoms with Gasteiger partial charge in [0, 0.05) is 10.9 Å². The van der Waals surface area contributed by atoms with Crippen molar-refractivity contribution in [2.24, 2.45) is 0 Å². The number of nitrogen functional groups attached to an aromatic ring is 1.